The highest BCUT2D eigenvalue weighted by Crippen LogP contribution is 2.33. The maximum atomic E-state index is 5.87. The maximum Gasteiger partial charge on any atom is 0.122 e. The highest BCUT2D eigenvalue weighted by molar-refractivity contribution is 5.49. The maximum absolute atomic E-state index is 5.87. The molecule has 1 aromatic carbocycles. The first kappa shape index (κ1) is 16.8. The minimum Gasteiger partial charge on any atom is -0.493 e. The normalized spacial score (nSPS) is 12.9. The van der Waals surface area contributed by atoms with Crippen LogP contribution in [-0.4, -0.2) is 6.61 Å². The first-order valence-corrected chi connectivity index (χ1v) is 7.91. The molecule has 0 aromatic heterocycles. The molecule has 1 aromatic rings. The van der Waals surface area contributed by atoms with Crippen molar-refractivity contribution in [3.8, 4) is 5.75 Å². The average molecular weight is 274 g/mol. The number of hydrogen-bond acceptors (Lipinski definition) is 1. The molecule has 0 saturated heterocycles. The highest BCUT2D eigenvalue weighted by atomic mass is 16.5. The molecule has 0 bridgehead atoms. The minimum absolute atomic E-state index is 0.566. The van der Waals surface area contributed by atoms with E-state index in [-0.39, 0.29) is 0 Å². The summed E-state index contributed by atoms with van der Waals surface area (Å²) in [5.74, 6) is 1.62. The number of aryl methyl sites for hydroxylation is 1. The van der Waals surface area contributed by atoms with E-state index >= 15 is 0 Å². The smallest absolute Gasteiger partial charge is 0.122 e. The van der Waals surface area contributed by atoms with E-state index in [1.54, 1.807) is 0 Å². The summed E-state index contributed by atoms with van der Waals surface area (Å²) in [5.41, 5.74) is 5.54. The summed E-state index contributed by atoms with van der Waals surface area (Å²) in [5, 5.41) is 0. The molecule has 1 atom stereocenters. The summed E-state index contributed by atoms with van der Waals surface area (Å²) in [6.45, 7) is 14.1. The molecule has 1 nitrogen and oxygen atoms in total. The van der Waals surface area contributed by atoms with Crippen molar-refractivity contribution in [2.75, 3.05) is 6.61 Å². The van der Waals surface area contributed by atoms with Gasteiger partial charge in [-0.05, 0) is 74.3 Å². The molecule has 1 unspecified atom stereocenters. The zero-order chi connectivity index (χ0) is 15.1. The SMILES string of the molecule is CC/C=C\CC(C)c1c(C)cc(OCCC)c(C)c1C. The van der Waals surface area contributed by atoms with E-state index in [2.05, 4.69) is 59.8 Å². The van der Waals surface area contributed by atoms with Gasteiger partial charge < -0.3 is 4.74 Å². The van der Waals surface area contributed by atoms with Crippen LogP contribution < -0.4 is 4.74 Å². The lowest BCUT2D eigenvalue weighted by molar-refractivity contribution is 0.314. The van der Waals surface area contributed by atoms with E-state index < -0.39 is 0 Å². The van der Waals surface area contributed by atoms with Gasteiger partial charge in [0.05, 0.1) is 6.61 Å². The summed E-state index contributed by atoms with van der Waals surface area (Å²) in [7, 11) is 0. The van der Waals surface area contributed by atoms with Gasteiger partial charge in [-0.3, -0.25) is 0 Å². The van der Waals surface area contributed by atoms with Crippen LogP contribution in [0.2, 0.25) is 0 Å². The van der Waals surface area contributed by atoms with Crippen molar-refractivity contribution in [3.05, 3.63) is 40.5 Å². The molecule has 0 N–H and O–H groups in total. The third-order valence-electron chi connectivity index (χ3n) is 3.96. The number of ether oxygens (including phenoxy) is 1. The third kappa shape index (κ3) is 4.13. The van der Waals surface area contributed by atoms with Gasteiger partial charge in [-0.1, -0.05) is 32.9 Å². The van der Waals surface area contributed by atoms with Crippen LogP contribution >= 0.6 is 0 Å². The van der Waals surface area contributed by atoms with Crippen LogP contribution in [0.5, 0.6) is 5.75 Å². The molecule has 112 valence electrons. The van der Waals surface area contributed by atoms with Gasteiger partial charge in [0.15, 0.2) is 0 Å². The van der Waals surface area contributed by atoms with Crippen LogP contribution in [0.4, 0.5) is 0 Å². The molecule has 0 saturated carbocycles. The van der Waals surface area contributed by atoms with E-state index in [1.165, 1.54) is 22.3 Å². The predicted octanol–water partition coefficient (Wildman–Crippen LogP) is 5.86. The fraction of sp³-hybridized carbons (Fsp3) is 0.579. The largest absolute Gasteiger partial charge is 0.493 e. The van der Waals surface area contributed by atoms with Crippen molar-refractivity contribution in [1.29, 1.82) is 0 Å². The van der Waals surface area contributed by atoms with Gasteiger partial charge in [0.25, 0.3) is 0 Å². The lowest BCUT2D eigenvalue weighted by atomic mass is 9.87. The zero-order valence-corrected chi connectivity index (χ0v) is 14.0. The Bertz CT molecular complexity index is 457. The minimum atomic E-state index is 0.566. The molecular weight excluding hydrogens is 244 g/mol. The Kier molecular flexibility index (Phi) is 6.84. The van der Waals surface area contributed by atoms with Crippen LogP contribution in [0.1, 0.15) is 68.2 Å². The van der Waals surface area contributed by atoms with Gasteiger partial charge in [0, 0.05) is 0 Å². The highest BCUT2D eigenvalue weighted by Gasteiger charge is 2.15. The fourth-order valence-corrected chi connectivity index (χ4v) is 2.77. The van der Waals surface area contributed by atoms with Crippen molar-refractivity contribution in [2.45, 2.75) is 66.7 Å². The summed E-state index contributed by atoms with van der Waals surface area (Å²) in [6.07, 6.45) is 7.85. The topological polar surface area (TPSA) is 9.23 Å². The van der Waals surface area contributed by atoms with Gasteiger partial charge in [-0.2, -0.15) is 0 Å². The van der Waals surface area contributed by atoms with Gasteiger partial charge in [-0.25, -0.2) is 0 Å². The van der Waals surface area contributed by atoms with E-state index in [0.717, 1.165) is 31.6 Å². The summed E-state index contributed by atoms with van der Waals surface area (Å²) in [6, 6.07) is 2.22. The van der Waals surface area contributed by atoms with E-state index in [9.17, 15) is 0 Å². The number of allylic oxidation sites excluding steroid dienone is 2. The summed E-state index contributed by atoms with van der Waals surface area (Å²) in [4.78, 5) is 0. The zero-order valence-electron chi connectivity index (χ0n) is 14.0. The lowest BCUT2D eigenvalue weighted by Crippen LogP contribution is -2.05. The second-order valence-corrected chi connectivity index (χ2v) is 5.72. The monoisotopic (exact) mass is 274 g/mol. The summed E-state index contributed by atoms with van der Waals surface area (Å²) < 4.78 is 5.87. The van der Waals surface area contributed by atoms with Gasteiger partial charge in [0.1, 0.15) is 5.75 Å². The van der Waals surface area contributed by atoms with Crippen LogP contribution in [-0.2, 0) is 0 Å². The third-order valence-corrected chi connectivity index (χ3v) is 3.96. The molecule has 0 spiro atoms. The van der Waals surface area contributed by atoms with Crippen LogP contribution in [0.3, 0.4) is 0 Å². The van der Waals surface area contributed by atoms with E-state index in [1.807, 2.05) is 0 Å². The molecule has 0 fully saturated rings. The van der Waals surface area contributed by atoms with Crippen molar-refractivity contribution in [3.63, 3.8) is 0 Å². The second kappa shape index (κ2) is 8.14. The number of rotatable bonds is 7. The quantitative estimate of drug-likeness (QED) is 0.566. The molecule has 0 radical (unpaired) electrons. The van der Waals surface area contributed by atoms with E-state index in [4.69, 9.17) is 4.74 Å². The Morgan fingerprint density at radius 1 is 1.10 bits per heavy atom. The van der Waals surface area contributed by atoms with Gasteiger partial charge in [-0.15, -0.1) is 0 Å². The summed E-state index contributed by atoms with van der Waals surface area (Å²) >= 11 is 0. The van der Waals surface area contributed by atoms with Crippen LogP contribution in [0, 0.1) is 20.8 Å². The molecule has 20 heavy (non-hydrogen) atoms. The van der Waals surface area contributed by atoms with Crippen molar-refractivity contribution >= 4 is 0 Å². The predicted molar refractivity (Wildman–Crippen MR) is 88.9 cm³/mol. The Balaban J connectivity index is 3.03. The molecule has 0 aliphatic carbocycles. The molecule has 0 heterocycles. The second-order valence-electron chi connectivity index (χ2n) is 5.72. The lowest BCUT2D eigenvalue weighted by Gasteiger charge is -2.21. The fourth-order valence-electron chi connectivity index (χ4n) is 2.77. The van der Waals surface area contributed by atoms with Crippen molar-refractivity contribution < 1.29 is 4.74 Å². The Labute approximate surface area is 125 Å². The molecule has 1 rings (SSSR count). The standard InChI is InChI=1S/C19H30O/c1-7-9-10-11-14(3)19-15(4)13-18(20-12-8-2)16(5)17(19)6/h9-10,13-14H,7-8,11-12H2,1-6H3/b10-9-. The van der Waals surface area contributed by atoms with Crippen molar-refractivity contribution in [2.24, 2.45) is 0 Å². The van der Waals surface area contributed by atoms with Crippen LogP contribution in [0.15, 0.2) is 18.2 Å². The Hall–Kier alpha value is -1.24. The van der Waals surface area contributed by atoms with Crippen LogP contribution in [0.25, 0.3) is 0 Å². The number of benzene rings is 1. The van der Waals surface area contributed by atoms with Gasteiger partial charge >= 0.3 is 0 Å². The Morgan fingerprint density at radius 2 is 1.80 bits per heavy atom. The average Bonchev–Trinajstić information content (AvgIpc) is 2.41. The first-order chi connectivity index (χ1) is 9.52. The van der Waals surface area contributed by atoms with Gasteiger partial charge in [0.2, 0.25) is 0 Å². The molecule has 0 aliphatic heterocycles. The molecule has 1 heteroatoms. The molecule has 0 aliphatic rings. The first-order valence-electron chi connectivity index (χ1n) is 7.91. The van der Waals surface area contributed by atoms with Crippen molar-refractivity contribution in [1.82, 2.24) is 0 Å². The molecule has 0 amide bonds. The molecular formula is C19H30O. The van der Waals surface area contributed by atoms with E-state index in [0.29, 0.717) is 5.92 Å². The number of hydrogen-bond donors (Lipinski definition) is 0. The Morgan fingerprint density at radius 3 is 2.40 bits per heavy atom.